The van der Waals surface area contributed by atoms with Crippen LogP contribution in [0.5, 0.6) is 5.75 Å². The van der Waals surface area contributed by atoms with Gasteiger partial charge < -0.3 is 41.2 Å². The largest absolute Gasteiger partial charge is 0.480 e. The minimum Gasteiger partial charge on any atom is -0.480 e. The maximum atomic E-state index is 13.5. The van der Waals surface area contributed by atoms with Crippen molar-refractivity contribution >= 4 is 34.8 Å². The van der Waals surface area contributed by atoms with Gasteiger partial charge in [-0.15, -0.1) is 0 Å². The van der Waals surface area contributed by atoms with Crippen LogP contribution in [0.4, 0.5) is 5.82 Å². The van der Waals surface area contributed by atoms with Gasteiger partial charge in [0.15, 0.2) is 17.7 Å². The molecular weight excluding hydrogens is 682 g/mol. The lowest BCUT2D eigenvalue weighted by molar-refractivity contribution is -0.142. The first-order chi connectivity index (χ1) is 25.1. The fraction of sp³-hybridized carbons (Fsp3) is 0.474. The number of hydrogen-bond acceptors (Lipinski definition) is 12. The summed E-state index contributed by atoms with van der Waals surface area (Å²) in [4.78, 5) is 50.2. The molecule has 2 aromatic heterocycles. The van der Waals surface area contributed by atoms with E-state index in [0.717, 1.165) is 16.7 Å². The third-order valence-electron chi connectivity index (χ3n) is 9.64. The molecule has 2 aromatic carbocycles. The number of esters is 1. The minimum absolute atomic E-state index is 0.0576. The number of aliphatic carboxylic acids is 1. The molecule has 0 unspecified atom stereocenters. The lowest BCUT2D eigenvalue weighted by Gasteiger charge is -2.29. The van der Waals surface area contributed by atoms with Crippen LogP contribution in [0.3, 0.4) is 0 Å². The lowest BCUT2D eigenvalue weighted by atomic mass is 9.78. The van der Waals surface area contributed by atoms with Crippen LogP contribution in [0.1, 0.15) is 74.9 Å². The summed E-state index contributed by atoms with van der Waals surface area (Å²) in [5.41, 5.74) is 9.33. The van der Waals surface area contributed by atoms with Gasteiger partial charge in [-0.05, 0) is 68.3 Å². The average Bonchev–Trinajstić information content (AvgIpc) is 3.63. The monoisotopic (exact) mass is 731 g/mol. The Morgan fingerprint density at radius 3 is 2.49 bits per heavy atom. The summed E-state index contributed by atoms with van der Waals surface area (Å²) in [7, 11) is 0. The van der Waals surface area contributed by atoms with Gasteiger partial charge in [0.05, 0.1) is 12.4 Å². The third kappa shape index (κ3) is 9.53. The average molecular weight is 732 g/mol. The molecule has 0 bridgehead atoms. The van der Waals surface area contributed by atoms with Crippen molar-refractivity contribution in [1.82, 2.24) is 30.2 Å². The van der Waals surface area contributed by atoms with Crippen LogP contribution in [0.25, 0.3) is 11.2 Å². The van der Waals surface area contributed by atoms with E-state index in [0.29, 0.717) is 42.0 Å². The van der Waals surface area contributed by atoms with Crippen molar-refractivity contribution in [2.45, 2.75) is 103 Å². The molecule has 0 aliphatic carbocycles. The molecule has 0 radical (unpaired) electrons. The summed E-state index contributed by atoms with van der Waals surface area (Å²) in [6.45, 7) is 9.79. The number of aliphatic hydroxyl groups is 2. The zero-order valence-electron chi connectivity index (χ0n) is 30.7. The summed E-state index contributed by atoms with van der Waals surface area (Å²) >= 11 is 0. The number of nitrogens with two attached hydrogens (primary N) is 1. The topological polar surface area (TPSA) is 224 Å². The number of aryl methyl sites for hydroxylation is 2. The highest BCUT2D eigenvalue weighted by Crippen LogP contribution is 2.38. The molecule has 15 nitrogen and oxygen atoms in total. The fourth-order valence-electron chi connectivity index (χ4n) is 7.28. The molecule has 1 amide bonds. The van der Waals surface area contributed by atoms with E-state index >= 15 is 0 Å². The zero-order chi connectivity index (χ0) is 38.4. The summed E-state index contributed by atoms with van der Waals surface area (Å²) < 4.78 is 13.2. The van der Waals surface area contributed by atoms with Crippen molar-refractivity contribution in [2.75, 3.05) is 12.3 Å². The molecular formula is C38H49N7O8. The van der Waals surface area contributed by atoms with E-state index in [1.165, 1.54) is 24.1 Å². The highest BCUT2D eigenvalue weighted by Gasteiger charge is 2.45. The molecule has 4 aromatic rings. The van der Waals surface area contributed by atoms with Crippen LogP contribution in [0.2, 0.25) is 0 Å². The summed E-state index contributed by atoms with van der Waals surface area (Å²) in [6, 6.07) is 12.3. The second-order valence-corrected chi connectivity index (χ2v) is 14.5. The number of carboxylic acid groups (broad SMARTS) is 1. The Bertz CT molecular complexity index is 1920. The number of rotatable bonds is 16. The number of nitrogen functional groups attached to an aromatic ring is 1. The smallest absolute Gasteiger partial charge is 0.326 e. The number of carbonyl (C=O) groups excluding carboxylic acids is 2. The maximum Gasteiger partial charge on any atom is 0.326 e. The molecule has 6 atom stereocenters. The number of nitrogens with zero attached hydrogens (tertiary/aromatic N) is 4. The minimum atomic E-state index is -1.31. The van der Waals surface area contributed by atoms with Gasteiger partial charge in [0.1, 0.15) is 35.8 Å². The van der Waals surface area contributed by atoms with E-state index in [1.807, 2.05) is 64.1 Å². The normalized spacial score (nSPS) is 19.9. The van der Waals surface area contributed by atoms with Gasteiger partial charge in [-0.25, -0.2) is 19.7 Å². The molecule has 0 saturated carbocycles. The Kier molecular flexibility index (Phi) is 12.4. The number of aliphatic hydroxyl groups excluding tert-OH is 2. The molecule has 15 heteroatoms. The second kappa shape index (κ2) is 16.8. The molecule has 5 rings (SSSR count). The number of hydrogen-bond donors (Lipinski definition) is 6. The van der Waals surface area contributed by atoms with Gasteiger partial charge in [0.25, 0.3) is 0 Å². The van der Waals surface area contributed by atoms with Gasteiger partial charge in [-0.2, -0.15) is 0 Å². The first kappa shape index (κ1) is 39.3. The predicted octanol–water partition coefficient (Wildman–Crippen LogP) is 3.08. The lowest BCUT2D eigenvalue weighted by Crippen LogP contribution is -2.43. The number of carboxylic acids is 1. The van der Waals surface area contributed by atoms with Crippen molar-refractivity contribution in [2.24, 2.45) is 5.92 Å². The van der Waals surface area contributed by atoms with Crippen molar-refractivity contribution in [1.29, 1.82) is 0 Å². The van der Waals surface area contributed by atoms with Gasteiger partial charge in [0, 0.05) is 30.9 Å². The number of nitrogens with one attached hydrogen (secondary N) is 2. The van der Waals surface area contributed by atoms with Crippen molar-refractivity contribution < 1.29 is 39.2 Å². The van der Waals surface area contributed by atoms with Gasteiger partial charge >= 0.3 is 11.9 Å². The predicted molar refractivity (Wildman–Crippen MR) is 196 cm³/mol. The zero-order valence-corrected chi connectivity index (χ0v) is 30.7. The van der Waals surface area contributed by atoms with Crippen LogP contribution in [0.15, 0.2) is 55.1 Å². The number of amides is 1. The number of ether oxygens (including phenoxy) is 2. The van der Waals surface area contributed by atoms with Crippen LogP contribution < -0.4 is 21.1 Å². The number of fused-ring (bicyclic) bond motifs is 1. The van der Waals surface area contributed by atoms with E-state index < -0.39 is 53.8 Å². The first-order valence-electron chi connectivity index (χ1n) is 17.7. The number of imidazole rings is 1. The van der Waals surface area contributed by atoms with Crippen molar-refractivity contribution in [3.8, 4) is 5.75 Å². The molecule has 0 spiro atoms. The molecule has 284 valence electrons. The van der Waals surface area contributed by atoms with Crippen molar-refractivity contribution in [3.05, 3.63) is 77.4 Å². The van der Waals surface area contributed by atoms with Crippen LogP contribution in [-0.4, -0.2) is 83.6 Å². The Morgan fingerprint density at radius 1 is 1.06 bits per heavy atom. The van der Waals surface area contributed by atoms with Crippen molar-refractivity contribution in [3.63, 3.8) is 0 Å². The van der Waals surface area contributed by atoms with Gasteiger partial charge in [-0.1, -0.05) is 50.2 Å². The quantitative estimate of drug-likeness (QED) is 0.0721. The Hall–Kier alpha value is -4.96. The molecule has 1 aliphatic heterocycles. The van der Waals surface area contributed by atoms with E-state index in [9.17, 15) is 29.7 Å². The Morgan fingerprint density at radius 2 is 1.79 bits per heavy atom. The highest BCUT2D eigenvalue weighted by atomic mass is 16.6. The summed E-state index contributed by atoms with van der Waals surface area (Å²) in [6.07, 6.45) is -1.000. The highest BCUT2D eigenvalue weighted by molar-refractivity contribution is 5.84. The number of benzene rings is 2. The van der Waals surface area contributed by atoms with Crippen LogP contribution in [0, 0.1) is 19.8 Å². The summed E-state index contributed by atoms with van der Waals surface area (Å²) in [5, 5.41) is 38.5. The molecule has 53 heavy (non-hydrogen) atoms. The Labute approximate surface area is 307 Å². The molecule has 3 heterocycles. The van der Waals surface area contributed by atoms with E-state index in [-0.39, 0.29) is 31.0 Å². The fourth-order valence-corrected chi connectivity index (χ4v) is 7.28. The maximum absolute atomic E-state index is 13.5. The first-order valence-corrected chi connectivity index (χ1v) is 17.7. The van der Waals surface area contributed by atoms with Crippen LogP contribution in [-0.2, 0) is 31.1 Å². The molecule has 7 N–H and O–H groups in total. The Balaban J connectivity index is 1.28. The molecule has 1 fully saturated rings. The van der Waals surface area contributed by atoms with E-state index in [1.54, 1.807) is 6.07 Å². The second-order valence-electron chi connectivity index (χ2n) is 14.5. The van der Waals surface area contributed by atoms with Gasteiger partial charge in [-0.3, -0.25) is 14.2 Å². The molecule has 1 aliphatic rings. The molecule has 1 saturated heterocycles. The number of carbonyl (C=O) groups is 3. The number of anilines is 1. The summed E-state index contributed by atoms with van der Waals surface area (Å²) in [5.74, 6) is -1.81. The number of aromatic nitrogens is 4. The van der Waals surface area contributed by atoms with Gasteiger partial charge in [0.2, 0.25) is 5.91 Å². The van der Waals surface area contributed by atoms with E-state index in [4.69, 9.17) is 15.2 Å². The third-order valence-corrected chi connectivity index (χ3v) is 9.64. The standard InChI is InChI=1S/C38H49N7O8/c1-21-13-22(2)30(27(14-21)52-23(3)46)38(4,5)16-29(47)44-26(37(50)51)12-11-25(18-40-17-24-9-7-6-8-10-24)15-28-32(48)33(49)36(53-28)45-20-43-31-34(39)41-19-42-35(31)45/h6-10,13-14,19-20,25-26,28,32-33,36,40,48-49H,11-12,15-18H2,1-5H3,(H,44,47)(H,50,51)(H2,39,41,42)/t25-,26-,28+,32-,33-,36+/m0/s1. The van der Waals surface area contributed by atoms with E-state index in [2.05, 4.69) is 25.6 Å². The van der Waals surface area contributed by atoms with Crippen LogP contribution >= 0.6 is 0 Å². The SMILES string of the molecule is CC(=O)Oc1cc(C)cc(C)c1C(C)(C)CC(=O)N[C@@H](CC[C@H](CNCc1ccccc1)C[C@H]1O[C@@H](n2cnc3c(N)ncnc32)[C@@H](O)[C@H]1O)C(=O)O.